The monoisotopic (exact) mass is 420 g/mol. The van der Waals surface area contributed by atoms with Crippen molar-refractivity contribution >= 4 is 5.91 Å². The fraction of sp³-hybridized carbons (Fsp3) is 0.560. The lowest BCUT2D eigenvalue weighted by molar-refractivity contribution is 0.0737. The van der Waals surface area contributed by atoms with E-state index in [1.165, 1.54) is 19.3 Å². The van der Waals surface area contributed by atoms with E-state index in [4.69, 9.17) is 0 Å². The molecule has 6 heteroatoms. The molecule has 0 aliphatic carbocycles. The molecule has 31 heavy (non-hydrogen) atoms. The minimum Gasteiger partial charge on any atom is -0.338 e. The molecular formula is C25H32N4O2. The molecule has 2 atom stereocenters. The molecule has 1 amide bonds. The highest BCUT2D eigenvalue weighted by molar-refractivity contribution is 5.93. The van der Waals surface area contributed by atoms with Gasteiger partial charge in [0.05, 0.1) is 5.69 Å². The third kappa shape index (κ3) is 4.31. The smallest absolute Gasteiger partial charge is 0.263 e. The maximum absolute atomic E-state index is 13.3. The van der Waals surface area contributed by atoms with E-state index in [2.05, 4.69) is 16.0 Å². The number of piperidine rings is 1. The molecule has 3 aliphatic heterocycles. The van der Waals surface area contributed by atoms with Crippen molar-refractivity contribution in [1.29, 1.82) is 0 Å². The number of carbonyl (C=O) groups excluding carboxylic acids is 1. The van der Waals surface area contributed by atoms with Gasteiger partial charge in [0, 0.05) is 57.1 Å². The van der Waals surface area contributed by atoms with Gasteiger partial charge in [-0.1, -0.05) is 25.3 Å². The zero-order chi connectivity index (χ0) is 21.2. The Balaban J connectivity index is 1.35. The van der Waals surface area contributed by atoms with Gasteiger partial charge in [0.15, 0.2) is 0 Å². The maximum Gasteiger partial charge on any atom is 0.263 e. The number of rotatable bonds is 3. The van der Waals surface area contributed by atoms with E-state index in [1.54, 1.807) is 6.07 Å². The molecule has 2 fully saturated rings. The van der Waals surface area contributed by atoms with E-state index in [0.717, 1.165) is 63.4 Å². The average molecular weight is 421 g/mol. The summed E-state index contributed by atoms with van der Waals surface area (Å²) < 4.78 is 1.91. The van der Waals surface area contributed by atoms with Crippen LogP contribution in [0.25, 0.3) is 0 Å². The van der Waals surface area contributed by atoms with Gasteiger partial charge in [-0.3, -0.25) is 19.5 Å². The lowest BCUT2D eigenvalue weighted by Crippen LogP contribution is -2.48. The topological polar surface area (TPSA) is 58.4 Å². The Morgan fingerprint density at radius 3 is 2.55 bits per heavy atom. The van der Waals surface area contributed by atoms with E-state index >= 15 is 0 Å². The van der Waals surface area contributed by atoms with Crippen LogP contribution in [0.5, 0.6) is 0 Å². The van der Waals surface area contributed by atoms with Crippen LogP contribution in [0.4, 0.5) is 0 Å². The number of fused-ring (bicyclic) bond motifs is 4. The van der Waals surface area contributed by atoms with Gasteiger partial charge in [-0.25, -0.2) is 0 Å². The number of hydrogen-bond acceptors (Lipinski definition) is 4. The lowest BCUT2D eigenvalue weighted by Gasteiger charge is -2.42. The molecule has 0 N–H and O–H groups in total. The van der Waals surface area contributed by atoms with Crippen molar-refractivity contribution in [3.05, 3.63) is 63.8 Å². The summed E-state index contributed by atoms with van der Waals surface area (Å²) in [6, 6.07) is 9.90. The number of likely N-dealkylation sites (tertiary alicyclic amines) is 2. The fourth-order valence-electron chi connectivity index (χ4n) is 5.68. The van der Waals surface area contributed by atoms with Crippen LogP contribution in [0.1, 0.15) is 66.2 Å². The Morgan fingerprint density at radius 2 is 1.77 bits per heavy atom. The van der Waals surface area contributed by atoms with Crippen molar-refractivity contribution in [3.8, 4) is 0 Å². The average Bonchev–Trinajstić information content (AvgIpc) is 2.75. The minimum atomic E-state index is -0.0857. The summed E-state index contributed by atoms with van der Waals surface area (Å²) in [6.45, 7) is 5.02. The van der Waals surface area contributed by atoms with Gasteiger partial charge >= 0.3 is 0 Å². The Bertz CT molecular complexity index is 979. The summed E-state index contributed by atoms with van der Waals surface area (Å²) in [5.74, 6) is 0.712. The van der Waals surface area contributed by atoms with Crippen molar-refractivity contribution in [1.82, 2.24) is 19.4 Å². The second-order valence-electron chi connectivity index (χ2n) is 9.46. The first kappa shape index (κ1) is 20.4. The molecule has 0 saturated carbocycles. The van der Waals surface area contributed by atoms with Crippen LogP contribution in [-0.4, -0.2) is 51.4 Å². The molecule has 164 valence electrons. The lowest BCUT2D eigenvalue weighted by atomic mass is 9.83. The molecule has 2 aromatic heterocycles. The number of aromatic nitrogens is 2. The van der Waals surface area contributed by atoms with Crippen LogP contribution in [0.2, 0.25) is 0 Å². The van der Waals surface area contributed by atoms with Gasteiger partial charge in [-0.2, -0.15) is 0 Å². The van der Waals surface area contributed by atoms with Gasteiger partial charge < -0.3 is 9.47 Å². The summed E-state index contributed by atoms with van der Waals surface area (Å²) in [5, 5.41) is 0. The number of pyridine rings is 2. The number of nitrogens with zero attached hydrogens (tertiary/aromatic N) is 4. The quantitative estimate of drug-likeness (QED) is 0.765. The van der Waals surface area contributed by atoms with Crippen LogP contribution < -0.4 is 5.56 Å². The predicted molar refractivity (Wildman–Crippen MR) is 120 cm³/mol. The van der Waals surface area contributed by atoms with Crippen molar-refractivity contribution in [2.45, 2.75) is 57.5 Å². The molecular weight excluding hydrogens is 388 g/mol. The first-order valence-electron chi connectivity index (χ1n) is 11.8. The van der Waals surface area contributed by atoms with Gasteiger partial charge in [-0.05, 0) is 49.4 Å². The summed E-state index contributed by atoms with van der Waals surface area (Å²) in [5.41, 5.74) is 2.46. The van der Waals surface area contributed by atoms with Crippen LogP contribution in [0, 0.1) is 5.92 Å². The molecule has 3 aliphatic rings. The van der Waals surface area contributed by atoms with Crippen LogP contribution >= 0.6 is 0 Å². The minimum absolute atomic E-state index is 0.0743. The summed E-state index contributed by atoms with van der Waals surface area (Å²) >= 11 is 0. The second kappa shape index (κ2) is 8.95. The van der Waals surface area contributed by atoms with Gasteiger partial charge in [-0.15, -0.1) is 0 Å². The number of hydrogen-bond donors (Lipinski definition) is 0. The molecule has 5 rings (SSSR count). The third-order valence-corrected chi connectivity index (χ3v) is 7.17. The molecule has 2 saturated heterocycles. The van der Waals surface area contributed by atoms with E-state index in [1.807, 2.05) is 33.9 Å². The second-order valence-corrected chi connectivity index (χ2v) is 9.46. The van der Waals surface area contributed by atoms with Crippen LogP contribution in [0.3, 0.4) is 0 Å². The first-order chi connectivity index (χ1) is 15.2. The highest BCUT2D eigenvalue weighted by Crippen LogP contribution is 2.35. The maximum atomic E-state index is 13.3. The number of amides is 1. The van der Waals surface area contributed by atoms with Crippen molar-refractivity contribution < 1.29 is 4.79 Å². The van der Waals surface area contributed by atoms with Crippen LogP contribution in [-0.2, 0) is 13.1 Å². The molecule has 5 heterocycles. The highest BCUT2D eigenvalue weighted by Gasteiger charge is 2.35. The Morgan fingerprint density at radius 1 is 0.968 bits per heavy atom. The molecule has 0 unspecified atom stereocenters. The van der Waals surface area contributed by atoms with Crippen molar-refractivity contribution in [2.75, 3.05) is 26.2 Å². The molecule has 6 nitrogen and oxygen atoms in total. The third-order valence-electron chi connectivity index (χ3n) is 7.17. The summed E-state index contributed by atoms with van der Waals surface area (Å²) in [4.78, 5) is 35.4. The normalized spacial score (nSPS) is 24.2. The Kier molecular flexibility index (Phi) is 5.90. The first-order valence-corrected chi connectivity index (χ1v) is 11.8. The Labute approximate surface area is 183 Å². The molecule has 0 aromatic carbocycles. The Hall–Kier alpha value is -2.47. The zero-order valence-electron chi connectivity index (χ0n) is 18.2. The molecule has 0 spiro atoms. The SMILES string of the molecule is O=C(c1ccc2n(c1=O)C[C@H]1C[C@@H]2CN(Cc2ccccn2)C1)N1CCCCCCC1. The largest absolute Gasteiger partial charge is 0.338 e. The number of carbonyl (C=O) groups is 1. The zero-order valence-corrected chi connectivity index (χ0v) is 18.2. The van der Waals surface area contributed by atoms with E-state index in [9.17, 15) is 9.59 Å². The summed E-state index contributed by atoms with van der Waals surface area (Å²) in [6.07, 6.45) is 8.64. The van der Waals surface area contributed by atoms with Gasteiger partial charge in [0.2, 0.25) is 0 Å². The molecule has 0 radical (unpaired) electrons. The van der Waals surface area contributed by atoms with Gasteiger partial charge in [0.25, 0.3) is 11.5 Å². The van der Waals surface area contributed by atoms with E-state index in [0.29, 0.717) is 23.9 Å². The fourth-order valence-corrected chi connectivity index (χ4v) is 5.68. The summed E-state index contributed by atoms with van der Waals surface area (Å²) in [7, 11) is 0. The molecule has 2 aromatic rings. The van der Waals surface area contributed by atoms with Gasteiger partial charge in [0.1, 0.15) is 5.56 Å². The van der Waals surface area contributed by atoms with E-state index in [-0.39, 0.29) is 11.5 Å². The predicted octanol–water partition coefficient (Wildman–Crippen LogP) is 3.27. The van der Waals surface area contributed by atoms with Crippen LogP contribution in [0.15, 0.2) is 41.3 Å². The van der Waals surface area contributed by atoms with Crippen molar-refractivity contribution in [3.63, 3.8) is 0 Å². The van der Waals surface area contributed by atoms with E-state index < -0.39 is 0 Å². The van der Waals surface area contributed by atoms with Crippen molar-refractivity contribution in [2.24, 2.45) is 5.92 Å². The highest BCUT2D eigenvalue weighted by atomic mass is 16.2. The standard InChI is InChI=1S/C25H32N4O2/c30-24(28-12-6-2-1-3-7-13-28)22-9-10-23-20-14-19(16-29(23)25(22)31)15-27(17-20)18-21-8-4-5-11-26-21/h4-5,8-11,19-20H,1-3,6-7,12-18H2/t19-,20+/m0/s1. The molecule has 2 bridgehead atoms.